The Bertz CT molecular complexity index is 813. The molecular weight excluding hydrogens is 374 g/mol. The van der Waals surface area contributed by atoms with Crippen LogP contribution >= 0.6 is 0 Å². The highest BCUT2D eigenvalue weighted by Crippen LogP contribution is 2.39. The molecule has 0 bridgehead atoms. The molecule has 1 aromatic rings. The van der Waals surface area contributed by atoms with Gasteiger partial charge in [-0.25, -0.2) is 4.79 Å². The first-order valence-corrected chi connectivity index (χ1v) is 9.99. The van der Waals surface area contributed by atoms with Gasteiger partial charge in [0.2, 0.25) is 11.8 Å². The number of piperidine rings is 2. The normalized spacial score (nSPS) is 25.0. The van der Waals surface area contributed by atoms with E-state index in [9.17, 15) is 19.2 Å². The van der Waals surface area contributed by atoms with Crippen molar-refractivity contribution in [1.82, 2.24) is 25.0 Å². The van der Waals surface area contributed by atoms with Crippen molar-refractivity contribution >= 4 is 23.8 Å². The minimum absolute atomic E-state index is 0.0549. The van der Waals surface area contributed by atoms with E-state index in [1.165, 1.54) is 0 Å². The number of nitrogens with zero attached hydrogens (tertiary/aromatic N) is 4. The molecule has 0 unspecified atom stereocenters. The third kappa shape index (κ3) is 4.08. The number of hydrogen-bond acceptors (Lipinski definition) is 5. The van der Waals surface area contributed by atoms with Crippen LogP contribution in [0.5, 0.6) is 0 Å². The molecular formula is C20H25N5O4. The molecule has 5 amide bonds. The van der Waals surface area contributed by atoms with Crippen molar-refractivity contribution in [3.8, 4) is 0 Å². The molecule has 4 heterocycles. The zero-order valence-electron chi connectivity index (χ0n) is 16.3. The number of likely N-dealkylation sites (tertiary alicyclic amines) is 2. The molecule has 1 N–H and O–H groups in total. The first kappa shape index (κ1) is 19.4. The Morgan fingerprint density at radius 1 is 1.14 bits per heavy atom. The fourth-order valence-electron chi connectivity index (χ4n) is 4.54. The molecule has 9 nitrogen and oxygen atoms in total. The highest BCUT2D eigenvalue weighted by molar-refractivity contribution is 6.04. The van der Waals surface area contributed by atoms with Gasteiger partial charge >= 0.3 is 6.03 Å². The first-order valence-electron chi connectivity index (χ1n) is 9.99. The summed E-state index contributed by atoms with van der Waals surface area (Å²) >= 11 is 0. The predicted molar refractivity (Wildman–Crippen MR) is 102 cm³/mol. The van der Waals surface area contributed by atoms with Gasteiger partial charge in [-0.1, -0.05) is 6.07 Å². The predicted octanol–water partition coefficient (Wildman–Crippen LogP) is 0.365. The Labute approximate surface area is 169 Å². The molecule has 1 spiro atoms. The van der Waals surface area contributed by atoms with Crippen molar-refractivity contribution in [2.45, 2.75) is 32.2 Å². The van der Waals surface area contributed by atoms with E-state index in [1.54, 1.807) is 11.1 Å². The standard InChI is InChI=1S/C20H25N5O4/c26-16-5-7-20(14-24(16)11-15-4-1-2-8-21-15)6-3-9-23(13-20)18(28)12-25-17(27)10-22-19(25)29/h1-2,4,8H,3,5-7,9-14H2,(H,22,29)/t20-/m0/s1. The van der Waals surface area contributed by atoms with E-state index in [0.717, 1.165) is 29.9 Å². The lowest BCUT2D eigenvalue weighted by molar-refractivity contribution is -0.145. The summed E-state index contributed by atoms with van der Waals surface area (Å²) in [5.41, 5.74) is 0.702. The Morgan fingerprint density at radius 2 is 2.00 bits per heavy atom. The van der Waals surface area contributed by atoms with Crippen LogP contribution in [-0.2, 0) is 20.9 Å². The van der Waals surface area contributed by atoms with Crippen LogP contribution in [-0.4, -0.2) is 76.2 Å². The molecule has 0 saturated carbocycles. The third-order valence-corrected chi connectivity index (χ3v) is 6.07. The Kier molecular flexibility index (Phi) is 5.21. The summed E-state index contributed by atoms with van der Waals surface area (Å²) in [6.45, 7) is 1.94. The summed E-state index contributed by atoms with van der Waals surface area (Å²) in [5.74, 6) is -0.480. The van der Waals surface area contributed by atoms with Gasteiger partial charge in [0, 0.05) is 37.7 Å². The molecule has 0 aliphatic carbocycles. The van der Waals surface area contributed by atoms with E-state index >= 15 is 0 Å². The maximum Gasteiger partial charge on any atom is 0.325 e. The number of pyridine rings is 1. The highest BCUT2D eigenvalue weighted by Gasteiger charge is 2.43. The molecule has 1 atom stereocenters. The average molecular weight is 399 g/mol. The smallest absolute Gasteiger partial charge is 0.325 e. The first-order chi connectivity index (χ1) is 14.0. The zero-order chi connectivity index (χ0) is 20.4. The van der Waals surface area contributed by atoms with Crippen molar-refractivity contribution in [3.63, 3.8) is 0 Å². The lowest BCUT2D eigenvalue weighted by Gasteiger charge is -2.48. The van der Waals surface area contributed by atoms with Crippen molar-refractivity contribution < 1.29 is 19.2 Å². The molecule has 0 aromatic carbocycles. The van der Waals surface area contributed by atoms with Crippen LogP contribution in [0.15, 0.2) is 24.4 Å². The number of imide groups is 1. The molecule has 29 heavy (non-hydrogen) atoms. The fourth-order valence-corrected chi connectivity index (χ4v) is 4.54. The zero-order valence-corrected chi connectivity index (χ0v) is 16.3. The van der Waals surface area contributed by atoms with E-state index in [4.69, 9.17) is 0 Å². The van der Waals surface area contributed by atoms with Crippen LogP contribution in [0, 0.1) is 5.41 Å². The summed E-state index contributed by atoms with van der Waals surface area (Å²) in [6, 6.07) is 5.14. The van der Waals surface area contributed by atoms with Crippen LogP contribution in [0.2, 0.25) is 0 Å². The van der Waals surface area contributed by atoms with Gasteiger partial charge in [0.1, 0.15) is 6.54 Å². The quantitative estimate of drug-likeness (QED) is 0.737. The lowest BCUT2D eigenvalue weighted by Crippen LogP contribution is -2.56. The number of rotatable bonds is 4. The topological polar surface area (TPSA) is 103 Å². The molecule has 3 fully saturated rings. The Hall–Kier alpha value is -2.97. The van der Waals surface area contributed by atoms with Crippen molar-refractivity contribution in [2.24, 2.45) is 5.41 Å². The summed E-state index contributed by atoms with van der Waals surface area (Å²) in [6.07, 6.45) is 4.72. The second-order valence-electron chi connectivity index (χ2n) is 8.13. The van der Waals surface area contributed by atoms with Crippen molar-refractivity contribution in [1.29, 1.82) is 0 Å². The second-order valence-corrected chi connectivity index (χ2v) is 8.13. The third-order valence-electron chi connectivity index (χ3n) is 6.07. The summed E-state index contributed by atoms with van der Waals surface area (Å²) < 4.78 is 0. The van der Waals surface area contributed by atoms with Gasteiger partial charge in [-0.3, -0.25) is 24.3 Å². The number of carbonyl (C=O) groups is 4. The highest BCUT2D eigenvalue weighted by atomic mass is 16.2. The molecule has 9 heteroatoms. The van der Waals surface area contributed by atoms with Gasteiger partial charge in [0.25, 0.3) is 5.91 Å². The van der Waals surface area contributed by atoms with E-state index in [2.05, 4.69) is 10.3 Å². The van der Waals surface area contributed by atoms with Crippen molar-refractivity contribution in [2.75, 3.05) is 32.7 Å². The fraction of sp³-hybridized carbons (Fsp3) is 0.550. The van der Waals surface area contributed by atoms with Crippen LogP contribution in [0.3, 0.4) is 0 Å². The van der Waals surface area contributed by atoms with Gasteiger partial charge in [-0.15, -0.1) is 0 Å². The minimum atomic E-state index is -0.514. The maximum atomic E-state index is 12.8. The van der Waals surface area contributed by atoms with E-state index < -0.39 is 6.03 Å². The number of hydrogen-bond donors (Lipinski definition) is 1. The minimum Gasteiger partial charge on any atom is -0.341 e. The van der Waals surface area contributed by atoms with Gasteiger partial charge in [0.05, 0.1) is 18.8 Å². The van der Waals surface area contributed by atoms with Gasteiger partial charge in [-0.2, -0.15) is 0 Å². The Balaban J connectivity index is 1.42. The van der Waals surface area contributed by atoms with Crippen LogP contribution in [0.25, 0.3) is 0 Å². The maximum absolute atomic E-state index is 12.8. The van der Waals surface area contributed by atoms with E-state index in [0.29, 0.717) is 32.6 Å². The molecule has 154 valence electrons. The molecule has 3 aliphatic heterocycles. The lowest BCUT2D eigenvalue weighted by atomic mass is 9.73. The van der Waals surface area contributed by atoms with E-state index in [1.807, 2.05) is 23.1 Å². The number of amides is 5. The molecule has 3 aliphatic rings. The SMILES string of the molecule is O=C(CN1C(=O)CNC1=O)N1CCC[C@]2(CCC(=O)N(Cc3ccccn3)C2)C1. The van der Waals surface area contributed by atoms with Crippen LogP contribution < -0.4 is 5.32 Å². The van der Waals surface area contributed by atoms with Crippen molar-refractivity contribution in [3.05, 3.63) is 30.1 Å². The monoisotopic (exact) mass is 399 g/mol. The van der Waals surface area contributed by atoms with Crippen LogP contribution in [0.4, 0.5) is 4.79 Å². The Morgan fingerprint density at radius 3 is 2.72 bits per heavy atom. The number of nitrogens with one attached hydrogen (secondary N) is 1. The molecule has 0 radical (unpaired) electrons. The molecule has 4 rings (SSSR count). The average Bonchev–Trinajstić information content (AvgIpc) is 3.04. The molecule has 3 saturated heterocycles. The van der Waals surface area contributed by atoms with E-state index in [-0.39, 0.29) is 36.2 Å². The van der Waals surface area contributed by atoms with Gasteiger partial charge in [0.15, 0.2) is 0 Å². The molecule has 1 aromatic heterocycles. The van der Waals surface area contributed by atoms with Crippen LogP contribution in [0.1, 0.15) is 31.4 Å². The summed E-state index contributed by atoms with van der Waals surface area (Å²) in [5, 5.41) is 2.43. The number of urea groups is 1. The summed E-state index contributed by atoms with van der Waals surface area (Å²) in [4.78, 5) is 57.6. The van der Waals surface area contributed by atoms with Gasteiger partial charge in [-0.05, 0) is 31.4 Å². The second kappa shape index (κ2) is 7.81. The van der Waals surface area contributed by atoms with Gasteiger partial charge < -0.3 is 15.1 Å². The largest absolute Gasteiger partial charge is 0.341 e. The number of aromatic nitrogens is 1. The number of carbonyl (C=O) groups excluding carboxylic acids is 4. The summed E-state index contributed by atoms with van der Waals surface area (Å²) in [7, 11) is 0.